The van der Waals surface area contributed by atoms with Crippen LogP contribution >= 0.6 is 11.8 Å². The predicted octanol–water partition coefficient (Wildman–Crippen LogP) is 2.93. The van der Waals surface area contributed by atoms with Crippen LogP contribution in [0.2, 0.25) is 0 Å². The molecule has 23 heavy (non-hydrogen) atoms. The van der Waals surface area contributed by atoms with Gasteiger partial charge in [0.15, 0.2) is 0 Å². The smallest absolute Gasteiger partial charge is 0.230 e. The second-order valence-electron chi connectivity index (χ2n) is 4.81. The number of amides is 1. The Morgan fingerprint density at radius 3 is 2.96 bits per heavy atom. The van der Waals surface area contributed by atoms with E-state index in [4.69, 9.17) is 10.00 Å². The summed E-state index contributed by atoms with van der Waals surface area (Å²) in [5, 5.41) is 12.4. The molecule has 1 heterocycles. The molecule has 0 fully saturated rings. The zero-order chi connectivity index (χ0) is 16.7. The van der Waals surface area contributed by atoms with Crippen LogP contribution in [-0.4, -0.2) is 23.8 Å². The van der Waals surface area contributed by atoms with Gasteiger partial charge < -0.3 is 10.1 Å². The van der Waals surface area contributed by atoms with Crippen LogP contribution in [0.1, 0.15) is 24.1 Å². The molecule has 0 radical (unpaired) electrons. The van der Waals surface area contributed by atoms with Gasteiger partial charge in [-0.2, -0.15) is 5.26 Å². The summed E-state index contributed by atoms with van der Waals surface area (Å²) in [7, 11) is 1.61. The van der Waals surface area contributed by atoms with Gasteiger partial charge in [-0.25, -0.2) is 4.98 Å². The Morgan fingerprint density at radius 1 is 1.43 bits per heavy atom. The standard InChI is InChI=1S/C17H17N3O2S/c1-12(14-5-3-4-6-15(14)22-2)20-16(21)11-23-17-9-13(10-18)7-8-19-17/h3-9,12H,11H2,1-2H3,(H,20,21). The number of thioether (sulfide) groups is 1. The van der Waals surface area contributed by atoms with E-state index in [2.05, 4.69) is 16.4 Å². The van der Waals surface area contributed by atoms with Gasteiger partial charge in [0.2, 0.25) is 5.91 Å². The van der Waals surface area contributed by atoms with E-state index in [9.17, 15) is 4.79 Å². The fourth-order valence-electron chi connectivity index (χ4n) is 2.08. The van der Waals surface area contributed by atoms with Crippen molar-refractivity contribution in [3.05, 3.63) is 53.7 Å². The maximum atomic E-state index is 12.1. The van der Waals surface area contributed by atoms with Crippen LogP contribution in [0.3, 0.4) is 0 Å². The molecular formula is C17H17N3O2S. The Labute approximate surface area is 139 Å². The highest BCUT2D eigenvalue weighted by Gasteiger charge is 2.13. The summed E-state index contributed by atoms with van der Waals surface area (Å²) < 4.78 is 5.31. The lowest BCUT2D eigenvalue weighted by atomic mass is 10.1. The summed E-state index contributed by atoms with van der Waals surface area (Å²) in [5.74, 6) is 0.885. The van der Waals surface area contributed by atoms with Crippen LogP contribution in [0.25, 0.3) is 0 Å². The second-order valence-corrected chi connectivity index (χ2v) is 5.81. The van der Waals surface area contributed by atoms with Crippen molar-refractivity contribution in [2.45, 2.75) is 18.0 Å². The highest BCUT2D eigenvalue weighted by atomic mass is 32.2. The van der Waals surface area contributed by atoms with Crippen LogP contribution in [-0.2, 0) is 4.79 Å². The highest BCUT2D eigenvalue weighted by Crippen LogP contribution is 2.24. The highest BCUT2D eigenvalue weighted by molar-refractivity contribution is 7.99. The van der Waals surface area contributed by atoms with Crippen LogP contribution in [0.4, 0.5) is 0 Å². The number of nitrogens with one attached hydrogen (secondary N) is 1. The average molecular weight is 327 g/mol. The minimum atomic E-state index is -0.155. The third-order valence-electron chi connectivity index (χ3n) is 3.20. The van der Waals surface area contributed by atoms with E-state index in [1.165, 1.54) is 11.8 Å². The van der Waals surface area contributed by atoms with E-state index in [1.54, 1.807) is 25.4 Å². The first kappa shape index (κ1) is 16.8. The number of carbonyl (C=O) groups is 1. The number of ether oxygens (including phenoxy) is 1. The summed E-state index contributed by atoms with van der Waals surface area (Å²) in [6.07, 6.45) is 1.57. The molecule has 6 heteroatoms. The van der Waals surface area contributed by atoms with Gasteiger partial charge >= 0.3 is 0 Å². The van der Waals surface area contributed by atoms with Crippen LogP contribution < -0.4 is 10.1 Å². The number of rotatable bonds is 6. The van der Waals surface area contributed by atoms with Crippen LogP contribution in [0.5, 0.6) is 5.75 Å². The molecule has 1 atom stereocenters. The summed E-state index contributed by atoms with van der Waals surface area (Å²) in [6, 6.07) is 12.8. The minimum absolute atomic E-state index is 0.0995. The lowest BCUT2D eigenvalue weighted by Crippen LogP contribution is -2.28. The van der Waals surface area contributed by atoms with Gasteiger partial charge in [0.25, 0.3) is 0 Å². The largest absolute Gasteiger partial charge is 0.496 e. The number of nitrogens with zero attached hydrogens (tertiary/aromatic N) is 2. The molecule has 118 valence electrons. The molecule has 1 aromatic carbocycles. The number of methoxy groups -OCH3 is 1. The molecular weight excluding hydrogens is 310 g/mol. The Hall–Kier alpha value is -2.52. The number of nitriles is 1. The number of para-hydroxylation sites is 1. The first-order valence-electron chi connectivity index (χ1n) is 7.05. The third-order valence-corrected chi connectivity index (χ3v) is 4.12. The summed E-state index contributed by atoms with van der Waals surface area (Å²) >= 11 is 1.30. The maximum absolute atomic E-state index is 12.1. The molecule has 0 aliphatic heterocycles. The minimum Gasteiger partial charge on any atom is -0.496 e. The van der Waals surface area contributed by atoms with Gasteiger partial charge in [0.05, 0.1) is 35.6 Å². The molecule has 1 aromatic heterocycles. The second kappa shape index (κ2) is 8.20. The van der Waals surface area contributed by atoms with Gasteiger partial charge in [-0.05, 0) is 25.1 Å². The molecule has 0 aliphatic rings. The Kier molecular flexibility index (Phi) is 6.01. The summed E-state index contributed by atoms with van der Waals surface area (Å²) in [6.45, 7) is 1.91. The van der Waals surface area contributed by atoms with Gasteiger partial charge in [-0.3, -0.25) is 4.79 Å². The van der Waals surface area contributed by atoms with Crippen molar-refractivity contribution in [3.8, 4) is 11.8 Å². The molecule has 1 unspecified atom stereocenters. The van der Waals surface area contributed by atoms with Crippen molar-refractivity contribution in [2.75, 3.05) is 12.9 Å². The number of aromatic nitrogens is 1. The van der Waals surface area contributed by atoms with Gasteiger partial charge in [-0.15, -0.1) is 0 Å². The van der Waals surface area contributed by atoms with Gasteiger partial charge in [0, 0.05) is 11.8 Å². The van der Waals surface area contributed by atoms with E-state index in [0.717, 1.165) is 11.3 Å². The quantitative estimate of drug-likeness (QED) is 0.826. The number of hydrogen-bond donors (Lipinski definition) is 1. The lowest BCUT2D eigenvalue weighted by molar-refractivity contribution is -0.119. The fraction of sp³-hybridized carbons (Fsp3) is 0.235. The van der Waals surface area contributed by atoms with Gasteiger partial charge in [-0.1, -0.05) is 30.0 Å². The topological polar surface area (TPSA) is 75.0 Å². The van der Waals surface area contributed by atoms with Crippen molar-refractivity contribution in [3.63, 3.8) is 0 Å². The van der Waals surface area contributed by atoms with E-state index in [1.807, 2.05) is 31.2 Å². The molecule has 0 aliphatic carbocycles. The van der Waals surface area contributed by atoms with E-state index in [-0.39, 0.29) is 17.7 Å². The first-order chi connectivity index (χ1) is 11.1. The third kappa shape index (κ3) is 4.73. The average Bonchev–Trinajstić information content (AvgIpc) is 2.60. The summed E-state index contributed by atoms with van der Waals surface area (Å²) in [5.41, 5.74) is 1.46. The first-order valence-corrected chi connectivity index (χ1v) is 8.04. The van der Waals surface area contributed by atoms with E-state index < -0.39 is 0 Å². The Morgan fingerprint density at radius 2 is 2.22 bits per heavy atom. The number of carbonyl (C=O) groups excluding carboxylic acids is 1. The maximum Gasteiger partial charge on any atom is 0.230 e. The number of benzene rings is 1. The fourth-order valence-corrected chi connectivity index (χ4v) is 2.79. The molecule has 2 rings (SSSR count). The lowest BCUT2D eigenvalue weighted by Gasteiger charge is -2.17. The van der Waals surface area contributed by atoms with Crippen molar-refractivity contribution in [1.82, 2.24) is 10.3 Å². The Balaban J connectivity index is 1.93. The molecule has 0 bridgehead atoms. The SMILES string of the molecule is COc1ccccc1C(C)NC(=O)CSc1cc(C#N)ccn1. The van der Waals surface area contributed by atoms with E-state index >= 15 is 0 Å². The molecule has 0 saturated carbocycles. The van der Waals surface area contributed by atoms with Crippen molar-refractivity contribution in [2.24, 2.45) is 0 Å². The number of hydrogen-bond acceptors (Lipinski definition) is 5. The molecule has 1 N–H and O–H groups in total. The zero-order valence-corrected chi connectivity index (χ0v) is 13.8. The summed E-state index contributed by atoms with van der Waals surface area (Å²) in [4.78, 5) is 16.2. The van der Waals surface area contributed by atoms with Gasteiger partial charge in [0.1, 0.15) is 5.75 Å². The predicted molar refractivity (Wildman–Crippen MR) is 89.2 cm³/mol. The van der Waals surface area contributed by atoms with Crippen molar-refractivity contribution in [1.29, 1.82) is 5.26 Å². The van der Waals surface area contributed by atoms with Crippen LogP contribution in [0.15, 0.2) is 47.6 Å². The molecule has 5 nitrogen and oxygen atoms in total. The molecule has 1 amide bonds. The molecule has 0 saturated heterocycles. The normalized spacial score (nSPS) is 11.3. The van der Waals surface area contributed by atoms with E-state index in [0.29, 0.717) is 10.6 Å². The molecule has 0 spiro atoms. The Bertz CT molecular complexity index is 728. The van der Waals surface area contributed by atoms with Crippen molar-refractivity contribution >= 4 is 17.7 Å². The van der Waals surface area contributed by atoms with Crippen molar-refractivity contribution < 1.29 is 9.53 Å². The monoisotopic (exact) mass is 327 g/mol. The number of pyridine rings is 1. The van der Waals surface area contributed by atoms with Crippen LogP contribution in [0, 0.1) is 11.3 Å². The molecule has 2 aromatic rings. The zero-order valence-electron chi connectivity index (χ0n) is 12.9.